The lowest BCUT2D eigenvalue weighted by Crippen LogP contribution is -2.33. The van der Waals surface area contributed by atoms with Crippen LogP contribution < -0.4 is 20.3 Å². The minimum absolute atomic E-state index is 0.120. The van der Waals surface area contributed by atoms with Crippen LogP contribution in [0.2, 0.25) is 5.02 Å². The van der Waals surface area contributed by atoms with Crippen molar-refractivity contribution in [1.82, 2.24) is 14.9 Å². The molecule has 32 heavy (non-hydrogen) atoms. The van der Waals surface area contributed by atoms with Gasteiger partial charge in [0.15, 0.2) is 11.5 Å². The highest BCUT2D eigenvalue weighted by atomic mass is 35.5. The minimum atomic E-state index is -0.284. The molecule has 9 heteroatoms. The highest BCUT2D eigenvalue weighted by Crippen LogP contribution is 2.34. The molecule has 7 nitrogen and oxygen atoms in total. The van der Waals surface area contributed by atoms with Gasteiger partial charge in [-0.05, 0) is 48.4 Å². The molecule has 1 N–H and O–H groups in total. The number of rotatable bonds is 5. The monoisotopic (exact) mass is 467 g/mol. The first kappa shape index (κ1) is 20.5. The van der Waals surface area contributed by atoms with E-state index in [9.17, 15) is 9.59 Å². The number of carbonyl (C=O) groups is 1. The molecule has 1 aliphatic heterocycles. The zero-order valence-electron chi connectivity index (χ0n) is 17.0. The number of fused-ring (bicyclic) bond motifs is 2. The standard InChI is InChI=1S/C23H18ClN3O4S/c1-13(15-4-7-18-19(8-15)31-12-30-18)26-21(28)10-27-11-25-17-9-20(32-22(17)23(27)29)14-2-5-16(24)6-3-14/h2-9,11,13H,10,12H2,1H3,(H,26,28)/t13-/m0/s1. The lowest BCUT2D eigenvalue weighted by atomic mass is 10.1. The van der Waals surface area contributed by atoms with Crippen LogP contribution in [0.15, 0.2) is 59.7 Å². The van der Waals surface area contributed by atoms with E-state index in [0.29, 0.717) is 26.7 Å². The highest BCUT2D eigenvalue weighted by molar-refractivity contribution is 7.22. The molecule has 0 bridgehead atoms. The molecule has 0 spiro atoms. The summed E-state index contributed by atoms with van der Waals surface area (Å²) in [5.74, 6) is 1.06. The molecule has 5 rings (SSSR count). The third-order valence-corrected chi connectivity index (χ3v) is 6.63. The molecule has 2 aromatic heterocycles. The van der Waals surface area contributed by atoms with Crippen molar-refractivity contribution in [2.45, 2.75) is 19.5 Å². The maximum atomic E-state index is 12.9. The van der Waals surface area contributed by atoms with Gasteiger partial charge in [-0.25, -0.2) is 4.98 Å². The van der Waals surface area contributed by atoms with Gasteiger partial charge in [-0.1, -0.05) is 29.8 Å². The SMILES string of the molecule is C[C@H](NC(=O)Cn1cnc2cc(-c3ccc(Cl)cc3)sc2c1=O)c1ccc2c(c1)OCO2. The van der Waals surface area contributed by atoms with E-state index in [4.69, 9.17) is 21.1 Å². The van der Waals surface area contributed by atoms with Crippen molar-refractivity contribution in [2.24, 2.45) is 0 Å². The number of nitrogens with zero attached hydrogens (tertiary/aromatic N) is 2. The summed E-state index contributed by atoms with van der Waals surface area (Å²) < 4.78 is 12.5. The second-order valence-electron chi connectivity index (χ2n) is 7.41. The first-order chi connectivity index (χ1) is 15.5. The molecule has 0 unspecified atom stereocenters. The molecule has 4 aromatic rings. The summed E-state index contributed by atoms with van der Waals surface area (Å²) in [5, 5.41) is 3.56. The first-order valence-corrected chi connectivity index (χ1v) is 11.1. The van der Waals surface area contributed by atoms with Gasteiger partial charge in [0.05, 0.1) is 17.9 Å². The topological polar surface area (TPSA) is 82.5 Å². The maximum absolute atomic E-state index is 12.9. The van der Waals surface area contributed by atoms with Gasteiger partial charge in [0, 0.05) is 9.90 Å². The Morgan fingerprint density at radius 1 is 1.19 bits per heavy atom. The molecule has 0 aliphatic carbocycles. The number of nitrogens with one attached hydrogen (secondary N) is 1. The van der Waals surface area contributed by atoms with Gasteiger partial charge < -0.3 is 14.8 Å². The Morgan fingerprint density at radius 3 is 2.78 bits per heavy atom. The van der Waals surface area contributed by atoms with Crippen LogP contribution in [0.3, 0.4) is 0 Å². The fourth-order valence-corrected chi connectivity index (χ4v) is 4.71. The number of aromatic nitrogens is 2. The Balaban J connectivity index is 1.33. The third kappa shape index (κ3) is 3.94. The van der Waals surface area contributed by atoms with Crippen molar-refractivity contribution in [3.05, 3.63) is 75.8 Å². The quantitative estimate of drug-likeness (QED) is 0.471. The Hall–Kier alpha value is -3.36. The molecular weight excluding hydrogens is 450 g/mol. The van der Waals surface area contributed by atoms with E-state index < -0.39 is 0 Å². The van der Waals surface area contributed by atoms with Gasteiger partial charge in [-0.15, -0.1) is 11.3 Å². The molecule has 2 aromatic carbocycles. The van der Waals surface area contributed by atoms with Gasteiger partial charge in [-0.3, -0.25) is 14.2 Å². The molecule has 0 radical (unpaired) electrons. The Bertz CT molecular complexity index is 1380. The zero-order valence-corrected chi connectivity index (χ0v) is 18.6. The maximum Gasteiger partial charge on any atom is 0.271 e. The predicted molar refractivity (Wildman–Crippen MR) is 123 cm³/mol. The second kappa shape index (κ2) is 8.29. The van der Waals surface area contributed by atoms with Crippen molar-refractivity contribution in [3.8, 4) is 21.9 Å². The van der Waals surface area contributed by atoms with Crippen molar-refractivity contribution >= 4 is 39.1 Å². The normalized spacial score (nSPS) is 13.3. The highest BCUT2D eigenvalue weighted by Gasteiger charge is 2.18. The number of benzene rings is 2. The summed E-state index contributed by atoms with van der Waals surface area (Å²) in [7, 11) is 0. The van der Waals surface area contributed by atoms with E-state index in [0.717, 1.165) is 16.0 Å². The van der Waals surface area contributed by atoms with Crippen LogP contribution in [0.1, 0.15) is 18.5 Å². The van der Waals surface area contributed by atoms with Gasteiger partial charge in [0.1, 0.15) is 11.2 Å². The van der Waals surface area contributed by atoms with E-state index >= 15 is 0 Å². The molecule has 1 atom stereocenters. The molecule has 3 heterocycles. The zero-order chi connectivity index (χ0) is 22.2. The molecular formula is C23H18ClN3O4S. The summed E-state index contributed by atoms with van der Waals surface area (Å²) in [6, 6.07) is 14.6. The van der Waals surface area contributed by atoms with E-state index in [-0.39, 0.29) is 30.8 Å². The van der Waals surface area contributed by atoms with Crippen molar-refractivity contribution in [2.75, 3.05) is 6.79 Å². The van der Waals surface area contributed by atoms with E-state index in [1.54, 1.807) is 12.1 Å². The lowest BCUT2D eigenvalue weighted by molar-refractivity contribution is -0.122. The van der Waals surface area contributed by atoms with Crippen LogP contribution in [0.5, 0.6) is 11.5 Å². The fraction of sp³-hybridized carbons (Fsp3) is 0.174. The van der Waals surface area contributed by atoms with E-state index in [1.807, 2.05) is 43.3 Å². The van der Waals surface area contributed by atoms with Gasteiger partial charge in [0.25, 0.3) is 5.56 Å². The third-order valence-electron chi connectivity index (χ3n) is 5.22. The molecule has 1 aliphatic rings. The van der Waals surface area contributed by atoms with Crippen molar-refractivity contribution in [3.63, 3.8) is 0 Å². The van der Waals surface area contributed by atoms with Gasteiger partial charge in [0.2, 0.25) is 12.7 Å². The first-order valence-electron chi connectivity index (χ1n) is 9.92. The average Bonchev–Trinajstić information content (AvgIpc) is 3.43. The fourth-order valence-electron chi connectivity index (χ4n) is 3.52. The summed E-state index contributed by atoms with van der Waals surface area (Å²) in [5.41, 5.74) is 2.20. The van der Waals surface area contributed by atoms with Gasteiger partial charge >= 0.3 is 0 Å². The number of carbonyl (C=O) groups excluding carboxylic acids is 1. The Morgan fingerprint density at radius 2 is 1.97 bits per heavy atom. The summed E-state index contributed by atoms with van der Waals surface area (Å²) in [6.07, 6.45) is 1.41. The molecule has 0 fully saturated rings. The summed E-state index contributed by atoms with van der Waals surface area (Å²) in [4.78, 5) is 30.9. The van der Waals surface area contributed by atoms with E-state index in [1.165, 1.54) is 22.2 Å². The van der Waals surface area contributed by atoms with Crippen LogP contribution in [-0.2, 0) is 11.3 Å². The number of halogens is 1. The van der Waals surface area contributed by atoms with E-state index in [2.05, 4.69) is 10.3 Å². The van der Waals surface area contributed by atoms with Crippen LogP contribution in [0.25, 0.3) is 20.7 Å². The second-order valence-corrected chi connectivity index (χ2v) is 8.90. The van der Waals surface area contributed by atoms with Crippen molar-refractivity contribution < 1.29 is 14.3 Å². The van der Waals surface area contributed by atoms with Crippen LogP contribution >= 0.6 is 22.9 Å². The molecule has 0 saturated carbocycles. The molecule has 0 saturated heterocycles. The Kier molecular flexibility index (Phi) is 5.32. The smallest absolute Gasteiger partial charge is 0.271 e. The number of thiophene rings is 1. The molecule has 1 amide bonds. The number of ether oxygens (including phenoxy) is 2. The molecule has 162 valence electrons. The van der Waals surface area contributed by atoms with Crippen LogP contribution in [0, 0.1) is 0 Å². The number of hydrogen-bond donors (Lipinski definition) is 1. The largest absolute Gasteiger partial charge is 0.454 e. The number of amides is 1. The predicted octanol–water partition coefficient (Wildman–Crippen LogP) is 4.38. The summed E-state index contributed by atoms with van der Waals surface area (Å²) >= 11 is 7.31. The average molecular weight is 468 g/mol. The van der Waals surface area contributed by atoms with Crippen LogP contribution in [-0.4, -0.2) is 22.3 Å². The van der Waals surface area contributed by atoms with Crippen molar-refractivity contribution in [1.29, 1.82) is 0 Å². The summed E-state index contributed by atoms with van der Waals surface area (Å²) in [6.45, 7) is 1.95. The van der Waals surface area contributed by atoms with Crippen LogP contribution in [0.4, 0.5) is 0 Å². The minimum Gasteiger partial charge on any atom is -0.454 e. The number of hydrogen-bond acceptors (Lipinski definition) is 6. The van der Waals surface area contributed by atoms with Gasteiger partial charge in [-0.2, -0.15) is 0 Å². The Labute approximate surface area is 192 Å². The lowest BCUT2D eigenvalue weighted by Gasteiger charge is -2.15.